The molecule has 0 aromatic rings. The van der Waals surface area contributed by atoms with E-state index in [1.807, 2.05) is 20.8 Å². The van der Waals surface area contributed by atoms with Crippen LogP contribution in [0.4, 0.5) is 0 Å². The van der Waals surface area contributed by atoms with Crippen LogP contribution in [0.1, 0.15) is 34.1 Å². The maximum atomic E-state index is 13.4. The highest BCUT2D eigenvalue weighted by Gasteiger charge is 3.02. The van der Waals surface area contributed by atoms with E-state index >= 15 is 0 Å². The Bertz CT molecular complexity index is 925. The van der Waals surface area contributed by atoms with Crippen molar-refractivity contribution in [1.29, 1.82) is 0 Å². The van der Waals surface area contributed by atoms with Gasteiger partial charge in [0, 0.05) is 12.3 Å². The van der Waals surface area contributed by atoms with Gasteiger partial charge >= 0.3 is 17.9 Å². The van der Waals surface area contributed by atoms with Crippen molar-refractivity contribution in [2.24, 2.45) is 28.1 Å². The van der Waals surface area contributed by atoms with Crippen LogP contribution in [0.25, 0.3) is 0 Å². The fraction of sp³-hybridized carbons (Fsp3) is 0.850. The topological polar surface area (TPSA) is 149 Å². The monoisotopic (exact) mass is 424 g/mol. The highest BCUT2D eigenvalue weighted by atomic mass is 16.8. The molecule has 0 aromatic carbocycles. The number of carbonyl (C=O) groups is 3. The average Bonchev–Trinajstić information content (AvgIpc) is 3.32. The minimum Gasteiger partial charge on any atom is -0.459 e. The minimum atomic E-state index is -2.12. The van der Waals surface area contributed by atoms with E-state index in [4.69, 9.17) is 18.9 Å². The Balaban J connectivity index is 1.71. The summed E-state index contributed by atoms with van der Waals surface area (Å²) in [6, 6.07) is 0. The second kappa shape index (κ2) is 4.69. The molecule has 0 unspecified atom stereocenters. The quantitative estimate of drug-likeness (QED) is 0.314. The van der Waals surface area contributed by atoms with Crippen LogP contribution in [0.2, 0.25) is 0 Å². The third-order valence-corrected chi connectivity index (χ3v) is 8.91. The van der Waals surface area contributed by atoms with Crippen molar-refractivity contribution in [3.63, 3.8) is 0 Å². The predicted molar refractivity (Wildman–Crippen MR) is 92.0 cm³/mol. The van der Waals surface area contributed by atoms with Crippen molar-refractivity contribution in [1.82, 2.24) is 0 Å². The van der Waals surface area contributed by atoms with E-state index in [-0.39, 0.29) is 6.42 Å². The number of carbonyl (C=O) groups excluding carboxylic acids is 3. The van der Waals surface area contributed by atoms with Gasteiger partial charge in [-0.15, -0.1) is 0 Å². The largest absolute Gasteiger partial charge is 0.459 e. The van der Waals surface area contributed by atoms with Gasteiger partial charge in [-0.1, -0.05) is 20.8 Å². The van der Waals surface area contributed by atoms with Gasteiger partial charge in [-0.2, -0.15) is 0 Å². The lowest BCUT2D eigenvalue weighted by Gasteiger charge is -2.46. The van der Waals surface area contributed by atoms with Crippen LogP contribution in [0, 0.1) is 28.1 Å². The molecule has 0 amide bonds. The van der Waals surface area contributed by atoms with Crippen LogP contribution in [-0.2, 0) is 33.3 Å². The zero-order valence-corrected chi connectivity index (χ0v) is 16.9. The number of aliphatic hydroxyl groups excluding tert-OH is 2. The molecule has 10 nitrogen and oxygen atoms in total. The fourth-order valence-electron chi connectivity index (χ4n) is 8.22. The van der Waals surface area contributed by atoms with Gasteiger partial charge < -0.3 is 34.3 Å². The molecule has 2 aliphatic carbocycles. The molecule has 4 heterocycles. The summed E-state index contributed by atoms with van der Waals surface area (Å²) in [5, 5.41) is 34.4. The van der Waals surface area contributed by atoms with E-state index in [9.17, 15) is 29.7 Å². The van der Waals surface area contributed by atoms with Gasteiger partial charge in [-0.05, 0) is 12.3 Å². The maximum absolute atomic E-state index is 13.4. The van der Waals surface area contributed by atoms with Crippen LogP contribution in [0.3, 0.4) is 0 Å². The molecule has 2 spiro atoms. The number of aliphatic hydroxyl groups is 3. The van der Waals surface area contributed by atoms with Crippen molar-refractivity contribution in [2.45, 2.75) is 76.0 Å². The van der Waals surface area contributed by atoms with Gasteiger partial charge in [0.1, 0.15) is 12.2 Å². The first-order valence-corrected chi connectivity index (χ1v) is 10.2. The third kappa shape index (κ3) is 1.35. The molecule has 0 radical (unpaired) electrons. The Kier molecular flexibility index (Phi) is 2.97. The molecule has 11 atom stereocenters. The minimum absolute atomic E-state index is 0.107. The van der Waals surface area contributed by atoms with E-state index in [1.165, 1.54) is 6.92 Å². The van der Waals surface area contributed by atoms with Crippen LogP contribution in [-0.4, -0.2) is 75.1 Å². The average molecular weight is 424 g/mol. The zero-order valence-electron chi connectivity index (χ0n) is 16.9. The van der Waals surface area contributed by atoms with Gasteiger partial charge in [0.2, 0.25) is 11.9 Å². The van der Waals surface area contributed by atoms with Crippen LogP contribution >= 0.6 is 0 Å². The summed E-state index contributed by atoms with van der Waals surface area (Å²) in [5.74, 6) is -4.43. The van der Waals surface area contributed by atoms with E-state index in [1.54, 1.807) is 0 Å². The number of ether oxygens (including phenoxy) is 4. The lowest BCUT2D eigenvalue weighted by atomic mass is 9.51. The van der Waals surface area contributed by atoms with Gasteiger partial charge in [-0.3, -0.25) is 4.79 Å². The molecule has 6 fully saturated rings. The Morgan fingerprint density at radius 2 is 1.70 bits per heavy atom. The van der Waals surface area contributed by atoms with E-state index in [0.29, 0.717) is 0 Å². The molecular weight excluding hydrogens is 400 g/mol. The molecule has 6 rings (SSSR count). The molecule has 0 aromatic heterocycles. The summed E-state index contributed by atoms with van der Waals surface area (Å²) >= 11 is 0. The summed E-state index contributed by atoms with van der Waals surface area (Å²) in [5.41, 5.74) is -7.95. The third-order valence-electron chi connectivity index (χ3n) is 8.91. The van der Waals surface area contributed by atoms with E-state index in [0.717, 1.165) is 0 Å². The summed E-state index contributed by atoms with van der Waals surface area (Å²) in [6.07, 6.45) is -6.73. The molecule has 0 bridgehead atoms. The van der Waals surface area contributed by atoms with Crippen molar-refractivity contribution in [2.75, 3.05) is 0 Å². The van der Waals surface area contributed by atoms with E-state index < -0.39 is 87.9 Å². The summed E-state index contributed by atoms with van der Waals surface area (Å²) in [4.78, 5) is 38.2. The molecule has 4 saturated heterocycles. The van der Waals surface area contributed by atoms with Gasteiger partial charge in [0.25, 0.3) is 0 Å². The van der Waals surface area contributed by atoms with Gasteiger partial charge in [-0.25, -0.2) is 9.59 Å². The Morgan fingerprint density at radius 3 is 2.33 bits per heavy atom. The Hall–Kier alpha value is -1.75. The first kappa shape index (κ1) is 19.0. The van der Waals surface area contributed by atoms with Crippen LogP contribution in [0.15, 0.2) is 0 Å². The number of fused-ring (bicyclic) bond motifs is 1. The Labute approximate surface area is 171 Å². The number of rotatable bonds is 0. The number of hydrogen-bond acceptors (Lipinski definition) is 10. The van der Waals surface area contributed by atoms with Crippen LogP contribution in [0.5, 0.6) is 0 Å². The zero-order chi connectivity index (χ0) is 21.8. The maximum Gasteiger partial charge on any atom is 0.342 e. The van der Waals surface area contributed by atoms with Gasteiger partial charge in [0.05, 0.1) is 22.9 Å². The fourth-order valence-corrected chi connectivity index (χ4v) is 8.22. The second-order valence-corrected chi connectivity index (χ2v) is 10.7. The highest BCUT2D eigenvalue weighted by Crippen LogP contribution is 2.84. The molecule has 4 aliphatic heterocycles. The molecule has 30 heavy (non-hydrogen) atoms. The molecule has 164 valence electrons. The molecule has 3 N–H and O–H groups in total. The standard InChI is InChI=1S/C20H24O10/c1-6-12(23)27-7-5-17-11-8(21)9(16(2,3)4)18(17)10(22)13(24)29-15(18)30-20(17,14(25)28-11)19(6,7)26/h6-11,15,21-22,26H,5H2,1-4H3/t6-,7-,8+,9-,10-,11+,15+,17-,18+,19+,20+/m0/s1. The summed E-state index contributed by atoms with van der Waals surface area (Å²) < 4.78 is 22.6. The molecule has 10 heteroatoms. The second-order valence-electron chi connectivity index (χ2n) is 10.7. The molecular formula is C20H24O10. The van der Waals surface area contributed by atoms with Crippen LogP contribution < -0.4 is 0 Å². The number of hydrogen-bond donors (Lipinski definition) is 3. The van der Waals surface area contributed by atoms with Crippen molar-refractivity contribution in [3.8, 4) is 0 Å². The SMILES string of the molecule is C[C@H]1C(=O)O[C@H]2C[C@@]34[C@@H]5OC(=O)[C@]3(O[C@H]3OC(=O)[C@H](O)[C@]34[C@H](C(C)(C)C)[C@H]5O)[C@]21O. The summed E-state index contributed by atoms with van der Waals surface area (Å²) in [6.45, 7) is 6.97. The highest BCUT2D eigenvalue weighted by molar-refractivity contribution is 5.93. The lowest BCUT2D eigenvalue weighted by Crippen LogP contribution is -2.66. The van der Waals surface area contributed by atoms with Crippen molar-refractivity contribution in [3.05, 3.63) is 0 Å². The first-order valence-electron chi connectivity index (χ1n) is 10.2. The van der Waals surface area contributed by atoms with Crippen molar-refractivity contribution < 1.29 is 48.7 Å². The van der Waals surface area contributed by atoms with Gasteiger partial charge in [0.15, 0.2) is 11.7 Å². The first-order chi connectivity index (χ1) is 13.8. The summed E-state index contributed by atoms with van der Waals surface area (Å²) in [7, 11) is 0. The molecule has 2 saturated carbocycles. The lowest BCUT2D eigenvalue weighted by molar-refractivity contribution is -0.239. The number of esters is 3. The van der Waals surface area contributed by atoms with E-state index in [2.05, 4.69) is 0 Å². The predicted octanol–water partition coefficient (Wildman–Crippen LogP) is -1.37. The normalized spacial score (nSPS) is 60.1. The molecule has 6 aliphatic rings. The smallest absolute Gasteiger partial charge is 0.342 e. The Morgan fingerprint density at radius 1 is 1.03 bits per heavy atom. The van der Waals surface area contributed by atoms with Crippen molar-refractivity contribution >= 4 is 17.9 Å².